The number of hydrogen-bond acceptors (Lipinski definition) is 6. The quantitative estimate of drug-likeness (QED) is 0.728. The summed E-state index contributed by atoms with van der Waals surface area (Å²) >= 11 is 0. The summed E-state index contributed by atoms with van der Waals surface area (Å²) < 4.78 is 30.0. The second-order valence-corrected chi connectivity index (χ2v) is 10.8. The van der Waals surface area contributed by atoms with Gasteiger partial charge in [0.05, 0.1) is 18.8 Å². The van der Waals surface area contributed by atoms with Gasteiger partial charge in [0.2, 0.25) is 10.0 Å². The molecule has 0 bridgehead atoms. The summed E-state index contributed by atoms with van der Waals surface area (Å²) in [6, 6.07) is 11.2. The van der Waals surface area contributed by atoms with Gasteiger partial charge in [-0.2, -0.15) is 0 Å². The summed E-state index contributed by atoms with van der Waals surface area (Å²) in [4.78, 5) is 26.0. The Hall–Kier alpha value is -3.07. The molecule has 0 spiro atoms. The number of carbonyl (C=O) groups is 2. The SMILES string of the molecule is Cc1ccc(N2CCOC2=O)cc1C1CC(C)(C)c2cc(C(=O)NS(C)(=O)=O)ccc2N1. The van der Waals surface area contributed by atoms with Gasteiger partial charge in [-0.1, -0.05) is 19.9 Å². The summed E-state index contributed by atoms with van der Waals surface area (Å²) in [5.41, 5.74) is 4.89. The van der Waals surface area contributed by atoms with Crippen molar-refractivity contribution in [2.75, 3.05) is 29.6 Å². The highest BCUT2D eigenvalue weighted by molar-refractivity contribution is 7.89. The number of fused-ring (bicyclic) bond motifs is 1. The number of aryl methyl sites for hydroxylation is 1. The molecule has 2 aliphatic heterocycles. The lowest BCUT2D eigenvalue weighted by Crippen LogP contribution is -2.33. The molecular formula is C23H27N3O5S. The van der Waals surface area contributed by atoms with Crippen LogP contribution in [-0.4, -0.2) is 39.8 Å². The van der Waals surface area contributed by atoms with Crippen molar-refractivity contribution in [3.63, 3.8) is 0 Å². The van der Waals surface area contributed by atoms with Gasteiger partial charge in [0, 0.05) is 16.9 Å². The molecule has 2 amide bonds. The Balaban J connectivity index is 1.66. The van der Waals surface area contributed by atoms with Crippen molar-refractivity contribution in [1.82, 2.24) is 4.72 Å². The van der Waals surface area contributed by atoms with Gasteiger partial charge in [0.15, 0.2) is 0 Å². The molecule has 2 aromatic carbocycles. The van der Waals surface area contributed by atoms with Crippen LogP contribution in [0.4, 0.5) is 16.2 Å². The minimum Gasteiger partial charge on any atom is -0.447 e. The average molecular weight is 458 g/mol. The first-order chi connectivity index (χ1) is 14.9. The number of amides is 2. The molecule has 1 unspecified atom stereocenters. The monoisotopic (exact) mass is 457 g/mol. The third-order valence-corrected chi connectivity index (χ3v) is 6.60. The smallest absolute Gasteiger partial charge is 0.414 e. The first-order valence-corrected chi connectivity index (χ1v) is 12.3. The highest BCUT2D eigenvalue weighted by Crippen LogP contribution is 2.45. The molecule has 170 valence electrons. The van der Waals surface area contributed by atoms with Crippen molar-refractivity contribution in [2.45, 2.75) is 38.6 Å². The number of cyclic esters (lactones) is 1. The van der Waals surface area contributed by atoms with Crippen LogP contribution in [0.2, 0.25) is 0 Å². The van der Waals surface area contributed by atoms with Gasteiger partial charge >= 0.3 is 6.09 Å². The minimum atomic E-state index is -3.64. The van der Waals surface area contributed by atoms with Gasteiger partial charge in [-0.05, 0) is 65.8 Å². The van der Waals surface area contributed by atoms with Gasteiger partial charge in [0.25, 0.3) is 5.91 Å². The molecular weight excluding hydrogens is 430 g/mol. The predicted molar refractivity (Wildman–Crippen MR) is 123 cm³/mol. The topological polar surface area (TPSA) is 105 Å². The largest absolute Gasteiger partial charge is 0.447 e. The molecule has 0 aliphatic carbocycles. The highest BCUT2D eigenvalue weighted by Gasteiger charge is 2.35. The molecule has 1 saturated heterocycles. The van der Waals surface area contributed by atoms with Gasteiger partial charge in [-0.15, -0.1) is 0 Å². The van der Waals surface area contributed by atoms with Crippen LogP contribution < -0.4 is 14.9 Å². The second-order valence-electron chi connectivity index (χ2n) is 9.06. The van der Waals surface area contributed by atoms with Crippen LogP contribution in [0, 0.1) is 6.92 Å². The standard InChI is InChI=1S/C23H27N3O5S/c1-14-5-7-16(26-9-10-31-22(26)28)12-17(14)20-13-23(2,3)18-11-15(6-8-19(18)24-20)21(27)25-32(4,29)30/h5-8,11-12,20,24H,9-10,13H2,1-4H3,(H,25,27). The van der Waals surface area contributed by atoms with E-state index in [4.69, 9.17) is 4.74 Å². The maximum atomic E-state index is 12.3. The van der Waals surface area contributed by atoms with Gasteiger partial charge in [-0.25, -0.2) is 17.9 Å². The van der Waals surface area contributed by atoms with Crippen LogP contribution >= 0.6 is 0 Å². The van der Waals surface area contributed by atoms with Crippen molar-refractivity contribution < 1.29 is 22.7 Å². The van der Waals surface area contributed by atoms with E-state index in [1.165, 1.54) is 0 Å². The van der Waals surface area contributed by atoms with Crippen LogP contribution in [0.5, 0.6) is 0 Å². The van der Waals surface area contributed by atoms with Crippen molar-refractivity contribution >= 4 is 33.4 Å². The molecule has 1 fully saturated rings. The van der Waals surface area contributed by atoms with E-state index in [-0.39, 0.29) is 17.6 Å². The van der Waals surface area contributed by atoms with Gasteiger partial charge in [-0.3, -0.25) is 9.69 Å². The van der Waals surface area contributed by atoms with Gasteiger partial charge < -0.3 is 10.1 Å². The molecule has 0 saturated carbocycles. The first kappa shape index (κ1) is 22.1. The normalized spacial score (nSPS) is 19.7. The lowest BCUT2D eigenvalue weighted by molar-refractivity contribution is 0.0981. The second kappa shape index (κ2) is 7.81. The zero-order chi connectivity index (χ0) is 23.3. The van der Waals surface area contributed by atoms with Crippen LogP contribution in [0.3, 0.4) is 0 Å². The predicted octanol–water partition coefficient (Wildman–Crippen LogP) is 3.48. The summed E-state index contributed by atoms with van der Waals surface area (Å²) in [6.07, 6.45) is 1.38. The molecule has 2 aromatic rings. The van der Waals surface area contributed by atoms with E-state index in [0.29, 0.717) is 18.7 Å². The third kappa shape index (κ3) is 4.29. The minimum absolute atomic E-state index is 0.00627. The number of rotatable bonds is 4. The number of carbonyl (C=O) groups excluding carboxylic acids is 2. The van der Waals surface area contributed by atoms with E-state index in [1.807, 2.05) is 35.9 Å². The summed E-state index contributed by atoms with van der Waals surface area (Å²) in [5, 5.41) is 3.57. The van der Waals surface area contributed by atoms with Crippen molar-refractivity contribution in [3.8, 4) is 0 Å². The Kier molecular flexibility index (Phi) is 5.40. The van der Waals surface area contributed by atoms with Crippen molar-refractivity contribution in [2.24, 2.45) is 0 Å². The number of ether oxygens (including phenoxy) is 1. The van der Waals surface area contributed by atoms with Crippen LogP contribution in [0.15, 0.2) is 36.4 Å². The fourth-order valence-corrected chi connectivity index (χ4v) is 4.90. The molecule has 2 heterocycles. The molecule has 32 heavy (non-hydrogen) atoms. The molecule has 4 rings (SSSR count). The Morgan fingerprint density at radius 3 is 2.62 bits per heavy atom. The molecule has 2 aliphatic rings. The van der Waals surface area contributed by atoms with E-state index in [1.54, 1.807) is 17.0 Å². The lowest BCUT2D eigenvalue weighted by atomic mass is 9.73. The highest BCUT2D eigenvalue weighted by atomic mass is 32.2. The Morgan fingerprint density at radius 1 is 1.22 bits per heavy atom. The fraction of sp³-hybridized carbons (Fsp3) is 0.391. The van der Waals surface area contributed by atoms with E-state index in [2.05, 4.69) is 19.2 Å². The maximum Gasteiger partial charge on any atom is 0.414 e. The van der Waals surface area contributed by atoms with Crippen LogP contribution in [0.1, 0.15) is 53.4 Å². The number of nitrogens with zero attached hydrogens (tertiary/aromatic N) is 1. The van der Waals surface area contributed by atoms with E-state index >= 15 is 0 Å². The van der Waals surface area contributed by atoms with Crippen molar-refractivity contribution in [1.29, 1.82) is 0 Å². The Labute approximate surface area is 188 Å². The number of sulfonamides is 1. The lowest BCUT2D eigenvalue weighted by Gasteiger charge is -2.39. The molecule has 8 nitrogen and oxygen atoms in total. The van der Waals surface area contributed by atoms with E-state index in [0.717, 1.165) is 40.7 Å². The third-order valence-electron chi connectivity index (χ3n) is 6.04. The zero-order valence-electron chi connectivity index (χ0n) is 18.6. The number of hydrogen-bond donors (Lipinski definition) is 2. The van der Waals surface area contributed by atoms with Crippen molar-refractivity contribution in [3.05, 3.63) is 58.7 Å². The van der Waals surface area contributed by atoms with Crippen LogP contribution in [0.25, 0.3) is 0 Å². The number of benzene rings is 2. The maximum absolute atomic E-state index is 12.3. The fourth-order valence-electron chi connectivity index (χ4n) is 4.44. The number of nitrogens with one attached hydrogen (secondary N) is 2. The summed E-state index contributed by atoms with van der Waals surface area (Å²) in [5.74, 6) is -0.644. The summed E-state index contributed by atoms with van der Waals surface area (Å²) in [6.45, 7) is 7.18. The summed E-state index contributed by atoms with van der Waals surface area (Å²) in [7, 11) is -3.64. The Morgan fingerprint density at radius 2 is 1.97 bits per heavy atom. The van der Waals surface area contributed by atoms with E-state index < -0.39 is 15.9 Å². The van der Waals surface area contributed by atoms with Gasteiger partial charge in [0.1, 0.15) is 6.61 Å². The van der Waals surface area contributed by atoms with E-state index in [9.17, 15) is 18.0 Å². The first-order valence-electron chi connectivity index (χ1n) is 10.4. The Bertz CT molecular complexity index is 1210. The van der Waals surface area contributed by atoms with Crippen LogP contribution in [-0.2, 0) is 20.2 Å². The molecule has 1 atom stereocenters. The average Bonchev–Trinajstić information content (AvgIpc) is 3.12. The molecule has 2 N–H and O–H groups in total. The zero-order valence-corrected chi connectivity index (χ0v) is 19.4. The number of anilines is 2. The molecule has 0 aromatic heterocycles. The molecule has 0 radical (unpaired) electrons. The molecule has 9 heteroatoms.